The van der Waals surface area contributed by atoms with Crippen molar-refractivity contribution in [3.63, 3.8) is 0 Å². The van der Waals surface area contributed by atoms with Crippen LogP contribution in [0, 0.1) is 20.2 Å². The van der Waals surface area contributed by atoms with E-state index in [0.29, 0.717) is 73.6 Å². The number of esters is 5. The molecule has 9 rings (SSSR count). The maximum absolute atomic E-state index is 11.8. The fraction of sp³-hybridized carbons (Fsp3) is 0.382. The van der Waals surface area contributed by atoms with Crippen molar-refractivity contribution in [2.45, 2.75) is 108 Å². The van der Waals surface area contributed by atoms with Gasteiger partial charge in [0.05, 0.1) is 74.1 Å². The van der Waals surface area contributed by atoms with Gasteiger partial charge in [-0.05, 0) is 163 Å². The van der Waals surface area contributed by atoms with E-state index < -0.39 is 58.5 Å². The van der Waals surface area contributed by atoms with Gasteiger partial charge in [0, 0.05) is 92.5 Å². The number of nitrogens with one attached hydrogen (secondary N) is 7. The summed E-state index contributed by atoms with van der Waals surface area (Å²) < 4.78 is 78.1. The molecule has 0 saturated carbocycles. The fourth-order valence-corrected chi connectivity index (χ4v) is 8.97. The van der Waals surface area contributed by atoms with E-state index in [1.165, 1.54) is 79.2 Å². The van der Waals surface area contributed by atoms with Gasteiger partial charge in [0.1, 0.15) is 12.9 Å². The molecular weight excluding hydrogens is 2090 g/mol. The molecule has 0 spiro atoms. The predicted octanol–water partition coefficient (Wildman–Crippen LogP) is 15.2. The van der Waals surface area contributed by atoms with Gasteiger partial charge in [0.25, 0.3) is 34.8 Å². The molecular formula is C102H150Cl3F3N12O26Sn. The number of amides is 6. The molecule has 6 amide bonds. The van der Waals surface area contributed by atoms with Gasteiger partial charge in [-0.25, -0.2) is 4.79 Å². The average Bonchev–Trinajstić information content (AvgIpc) is 1.61. The van der Waals surface area contributed by atoms with Crippen molar-refractivity contribution >= 4 is 138 Å². The molecule has 820 valence electrons. The van der Waals surface area contributed by atoms with Crippen molar-refractivity contribution in [3.8, 4) is 11.1 Å². The Morgan fingerprint density at radius 1 is 0.442 bits per heavy atom. The third kappa shape index (κ3) is 98.1. The molecule has 0 atom stereocenters. The molecule has 0 fully saturated rings. The first kappa shape index (κ1) is 149. The van der Waals surface area contributed by atoms with Crippen LogP contribution in [0.1, 0.15) is 179 Å². The van der Waals surface area contributed by atoms with E-state index in [2.05, 4.69) is 97.8 Å². The molecule has 8 aromatic carbocycles. The Balaban J connectivity index is -0.000000158. The summed E-state index contributed by atoms with van der Waals surface area (Å²) in [7, 11) is 27.6. The molecule has 0 heterocycles. The zero-order valence-corrected chi connectivity index (χ0v) is 88.8. The summed E-state index contributed by atoms with van der Waals surface area (Å²) in [5.74, 6) is -3.54. The number of halogens is 6. The van der Waals surface area contributed by atoms with Crippen LogP contribution in [0.2, 0.25) is 0 Å². The molecule has 1 aliphatic carbocycles. The van der Waals surface area contributed by atoms with Crippen LogP contribution in [0.4, 0.5) is 18.0 Å². The molecule has 38 nitrogen and oxygen atoms in total. The predicted molar refractivity (Wildman–Crippen MR) is 571 cm³/mol. The normalized spacial score (nSPS) is 9.41. The number of nitro groups is 2. The zero-order chi connectivity index (χ0) is 114. The van der Waals surface area contributed by atoms with Crippen LogP contribution < -0.4 is 43.0 Å². The minimum atomic E-state index is -4.64. The van der Waals surface area contributed by atoms with Gasteiger partial charge in [0.15, 0.2) is 14.1 Å². The van der Waals surface area contributed by atoms with E-state index in [4.69, 9.17) is 73.2 Å². The first-order valence-corrected chi connectivity index (χ1v) is 50.4. The molecule has 8 aromatic rings. The molecule has 10 N–H and O–H groups in total. The first-order valence-electron chi connectivity index (χ1n) is 45.3. The van der Waals surface area contributed by atoms with Gasteiger partial charge < -0.3 is 91.1 Å². The molecule has 0 bridgehead atoms. The quantitative estimate of drug-likeness (QED) is 0.00400. The van der Waals surface area contributed by atoms with Crippen molar-refractivity contribution in [3.05, 3.63) is 295 Å². The van der Waals surface area contributed by atoms with Crippen LogP contribution in [0.3, 0.4) is 0 Å². The van der Waals surface area contributed by atoms with Crippen LogP contribution in [-0.4, -0.2) is 296 Å². The number of aliphatic carboxylic acids is 1. The minimum absolute atomic E-state index is 0. The number of alkyl carbamates (subject to hydrolysis) is 1. The molecule has 0 saturated heterocycles. The van der Waals surface area contributed by atoms with E-state index >= 15 is 0 Å². The van der Waals surface area contributed by atoms with Crippen molar-refractivity contribution in [1.29, 1.82) is 0 Å². The Kier molecular flexibility index (Phi) is 108. The van der Waals surface area contributed by atoms with Gasteiger partial charge in [-0.2, -0.15) is 13.2 Å². The number of nitrogens with two attached hydrogens (primary N) is 1. The Morgan fingerprint density at radius 3 is 0.796 bits per heavy atom. The van der Waals surface area contributed by atoms with Crippen LogP contribution in [0.25, 0.3) is 11.1 Å². The van der Waals surface area contributed by atoms with Gasteiger partial charge in [-0.3, -0.25) is 82.6 Å². The van der Waals surface area contributed by atoms with Crippen LogP contribution in [0.15, 0.2) is 231 Å². The number of benzene rings is 8. The summed E-state index contributed by atoms with van der Waals surface area (Å²) >= 11 is 4.34. The molecule has 147 heavy (non-hydrogen) atoms. The molecule has 2 radical (unpaired) electrons. The molecule has 45 heteroatoms. The second-order valence-electron chi connectivity index (χ2n) is 26.7. The van der Waals surface area contributed by atoms with E-state index in [1.807, 2.05) is 105 Å². The molecule has 0 aliphatic heterocycles. The number of fused-ring (bicyclic) bond motifs is 3. The van der Waals surface area contributed by atoms with E-state index in [1.54, 1.807) is 146 Å². The Morgan fingerprint density at radius 2 is 0.633 bits per heavy atom. The fourth-order valence-electron chi connectivity index (χ4n) is 8.85. The van der Waals surface area contributed by atoms with Crippen LogP contribution in [0.5, 0.6) is 0 Å². The second-order valence-corrected chi connectivity index (χ2v) is 31.3. The Bertz CT molecular complexity index is 4500. The van der Waals surface area contributed by atoms with Gasteiger partial charge in [-0.1, -0.05) is 220 Å². The SMILES string of the molecule is C.C.C.CC=O.CCNC.CN.COC(=O)CCNC(=O)OCC1c2ccccc2-c2ccccc21.COC(=O)CCNC(=O)c1ccccc1.COC(=O)CCNC(=O)c1ccccc1.COC(=O)CCNC(=O)c1ccccc1.COC(=O)CCNC(=O)c1ccccc1.C[N+](=O)[O-].C[N+](=O)[O-].O=C(Cl)c1ccccc1.O=C(O)CCNC(=O)c1ccccc1.O=CC(F)(F)F.[2H]C.[2H]CN(C)CC.[2H]CN(C)CC.[Cl][Sn][Cl]. The summed E-state index contributed by atoms with van der Waals surface area (Å²) in [6, 6.07) is 69.1. The second kappa shape index (κ2) is 107. The number of nitrogens with zero attached hydrogens (tertiary/aromatic N) is 4. The summed E-state index contributed by atoms with van der Waals surface area (Å²) in [6.45, 7) is 12.4. The van der Waals surface area contributed by atoms with E-state index in [0.717, 1.165) is 40.0 Å². The van der Waals surface area contributed by atoms with Gasteiger partial charge >= 0.3 is 84.8 Å². The summed E-state index contributed by atoms with van der Waals surface area (Å²) in [5, 5.41) is 44.0. The molecule has 0 unspecified atom stereocenters. The van der Waals surface area contributed by atoms with Crippen LogP contribution >= 0.6 is 29.4 Å². The summed E-state index contributed by atoms with van der Waals surface area (Å²) in [5.41, 5.74) is 12.6. The average molecular weight is 2250 g/mol. The third-order valence-corrected chi connectivity index (χ3v) is 16.1. The first-order chi connectivity index (χ1) is 70.0. The summed E-state index contributed by atoms with van der Waals surface area (Å²) in [4.78, 5) is 182. The number of methoxy groups -OCH3 is 5. The van der Waals surface area contributed by atoms with Crippen molar-refractivity contribution in [2.75, 3.05) is 157 Å². The van der Waals surface area contributed by atoms with Crippen molar-refractivity contribution in [1.82, 2.24) is 47.0 Å². The van der Waals surface area contributed by atoms with Crippen molar-refractivity contribution < 1.29 is 133 Å². The third-order valence-electron chi connectivity index (χ3n) is 15.9. The van der Waals surface area contributed by atoms with Crippen LogP contribution in [-0.2, 0) is 66.8 Å². The number of carboxylic acid groups (broad SMARTS) is 1. The Labute approximate surface area is 889 Å². The van der Waals surface area contributed by atoms with E-state index in [9.17, 15) is 75.5 Å². The van der Waals surface area contributed by atoms with Gasteiger partial charge in [0.2, 0.25) is 6.29 Å². The maximum atomic E-state index is 11.8. The number of carbonyl (C=O) groups is 15. The topological polar surface area (TPSA) is 535 Å². The summed E-state index contributed by atoms with van der Waals surface area (Å²) in [6.07, 6.45) is -4.65. The standard InChI is InChI=1S/C19H19NO4.4C11H13NO3.C10H11NO3.C7H5ClO.2C4H11N.C3H9N.C2HF3O.C2H4O.2CH3NO2.CH5N.4CH4.2ClH.Sn/c1-23-18(21)10-11-20-19(22)24-12-17-15-8-4-2-6-13(15)14-7-3-5-9-16(14)17;4*1-15-10(13)7-8-12-11(14)9-5-3-2-4-6-9;12-9(13)6-7-11-10(14)8-4-2-1-3-5-8;8-7(9)6-4-2-1-3-5-6;2*1-4-5(2)3;1-3-4-2;3-2(4,5)1-6;1-2-3;2*1-2(3)4;1-2;;;;;;;/h2-9,17H,10-12H2,1H3,(H,20,22);4*2-6H,7-8H2,1H3,(H,12,14);1-5H,6-7H2,(H,11,14)(H,12,13);1-5H;2*4H2,1-3H3;4H,3H2,1-2H3;1H;2H,1H3;2*1H3;2H2,1H3;4*1H4;2*1H;/q;;;;;;;;;;;;;;;;;;;;;+2/p-2/i;;;;;;;2*2D;;;;;;;1D;;;;;;. The number of rotatable bonds is 29. The number of aldehydes is 2. The van der Waals surface area contributed by atoms with Crippen molar-refractivity contribution in [2.24, 2.45) is 5.73 Å². The monoisotopic (exact) mass is 2240 g/mol. The number of hydrogen-bond donors (Lipinski definition) is 9. The Hall–Kier alpha value is -13.7. The zero-order valence-electron chi connectivity index (χ0n) is 86.7. The van der Waals surface area contributed by atoms with E-state index in [-0.39, 0.29) is 146 Å². The number of carboxylic acids is 1. The number of hydrogen-bond acceptors (Lipinski definition) is 29. The van der Waals surface area contributed by atoms with Gasteiger partial charge in [-0.15, -0.1) is 0 Å². The number of carbonyl (C=O) groups excluding carboxylic acids is 14. The molecule has 1 aliphatic rings. The number of ether oxygens (including phenoxy) is 6. The number of alkyl halides is 3. The molecule has 0 aromatic heterocycles.